The SMILES string of the molecule is NCc1c(OC(F)(F)F)cnc(C(=O)O)c1I. The Kier molecular flexibility index (Phi) is 4.14. The molecule has 0 aliphatic heterocycles. The van der Waals surface area contributed by atoms with Gasteiger partial charge in [-0.2, -0.15) is 0 Å². The van der Waals surface area contributed by atoms with Crippen LogP contribution < -0.4 is 10.5 Å². The smallest absolute Gasteiger partial charge is 0.476 e. The van der Waals surface area contributed by atoms with Gasteiger partial charge in [0.2, 0.25) is 0 Å². The van der Waals surface area contributed by atoms with Crippen molar-refractivity contribution < 1.29 is 27.8 Å². The summed E-state index contributed by atoms with van der Waals surface area (Å²) in [4.78, 5) is 14.1. The zero-order valence-electron chi connectivity index (χ0n) is 8.08. The van der Waals surface area contributed by atoms with E-state index in [0.717, 1.165) is 0 Å². The fourth-order valence-corrected chi connectivity index (χ4v) is 1.92. The molecule has 1 aromatic heterocycles. The summed E-state index contributed by atoms with van der Waals surface area (Å²) in [5, 5.41) is 8.74. The van der Waals surface area contributed by atoms with Gasteiger partial charge in [0.05, 0.1) is 9.77 Å². The van der Waals surface area contributed by atoms with Crippen molar-refractivity contribution in [1.29, 1.82) is 0 Å². The summed E-state index contributed by atoms with van der Waals surface area (Å²) in [5.41, 5.74) is 4.86. The zero-order valence-corrected chi connectivity index (χ0v) is 10.2. The van der Waals surface area contributed by atoms with Crippen LogP contribution in [0.15, 0.2) is 6.20 Å². The number of ether oxygens (including phenoxy) is 1. The van der Waals surface area contributed by atoms with E-state index in [4.69, 9.17) is 10.8 Å². The summed E-state index contributed by atoms with van der Waals surface area (Å²) < 4.78 is 39.8. The van der Waals surface area contributed by atoms with E-state index in [1.54, 1.807) is 22.6 Å². The van der Waals surface area contributed by atoms with Crippen molar-refractivity contribution in [3.8, 4) is 5.75 Å². The van der Waals surface area contributed by atoms with Crippen LogP contribution in [0.1, 0.15) is 16.1 Å². The first-order valence-corrected chi connectivity index (χ1v) is 5.20. The highest BCUT2D eigenvalue weighted by molar-refractivity contribution is 14.1. The number of hydrogen-bond donors (Lipinski definition) is 2. The summed E-state index contributed by atoms with van der Waals surface area (Å²) >= 11 is 1.56. The van der Waals surface area contributed by atoms with Gasteiger partial charge in [-0.25, -0.2) is 9.78 Å². The van der Waals surface area contributed by atoms with Crippen LogP contribution in [0.4, 0.5) is 13.2 Å². The fourth-order valence-electron chi connectivity index (χ4n) is 1.06. The minimum absolute atomic E-state index is 0.0272. The predicted octanol–water partition coefficient (Wildman–Crippen LogP) is 1.74. The molecule has 0 fully saturated rings. The molecule has 0 aliphatic carbocycles. The van der Waals surface area contributed by atoms with Crippen molar-refractivity contribution in [1.82, 2.24) is 4.98 Å². The fraction of sp³-hybridized carbons (Fsp3) is 0.250. The first-order chi connectivity index (χ1) is 7.76. The molecule has 0 saturated carbocycles. The molecule has 0 amide bonds. The number of pyridine rings is 1. The van der Waals surface area contributed by atoms with Crippen LogP contribution in [-0.2, 0) is 6.54 Å². The Bertz CT molecular complexity index is 450. The van der Waals surface area contributed by atoms with Crippen LogP contribution in [0.5, 0.6) is 5.75 Å². The predicted molar refractivity (Wildman–Crippen MR) is 58.5 cm³/mol. The minimum Gasteiger partial charge on any atom is -0.476 e. The molecule has 17 heavy (non-hydrogen) atoms. The standard InChI is InChI=1S/C8H6F3IN2O3/c9-8(10,11)17-4-2-14-6(7(15)16)5(12)3(4)1-13/h2H,1,13H2,(H,15,16). The lowest BCUT2D eigenvalue weighted by molar-refractivity contribution is -0.275. The molecule has 1 aromatic rings. The molecule has 1 heterocycles. The molecule has 94 valence electrons. The lowest BCUT2D eigenvalue weighted by Gasteiger charge is -2.14. The Hall–Kier alpha value is -1.10. The maximum atomic E-state index is 12.0. The number of carboxylic acids is 1. The van der Waals surface area contributed by atoms with E-state index in [9.17, 15) is 18.0 Å². The maximum absolute atomic E-state index is 12.0. The van der Waals surface area contributed by atoms with Crippen molar-refractivity contribution in [3.63, 3.8) is 0 Å². The molecule has 9 heteroatoms. The van der Waals surface area contributed by atoms with Gasteiger partial charge >= 0.3 is 12.3 Å². The topological polar surface area (TPSA) is 85.4 Å². The van der Waals surface area contributed by atoms with E-state index in [-0.39, 0.29) is 21.4 Å². The number of nitrogens with zero attached hydrogens (tertiary/aromatic N) is 1. The van der Waals surface area contributed by atoms with Crippen molar-refractivity contribution in [2.75, 3.05) is 0 Å². The third-order valence-corrected chi connectivity index (χ3v) is 2.88. The van der Waals surface area contributed by atoms with E-state index in [1.165, 1.54) is 0 Å². The molecule has 0 aromatic carbocycles. The highest BCUT2D eigenvalue weighted by atomic mass is 127. The van der Waals surface area contributed by atoms with Crippen LogP contribution in [0, 0.1) is 3.57 Å². The molecular weight excluding hydrogens is 356 g/mol. The molecule has 0 aliphatic rings. The van der Waals surface area contributed by atoms with Crippen molar-refractivity contribution in [3.05, 3.63) is 21.0 Å². The van der Waals surface area contributed by atoms with E-state index in [2.05, 4.69) is 9.72 Å². The molecule has 0 spiro atoms. The van der Waals surface area contributed by atoms with Gasteiger partial charge in [0.25, 0.3) is 0 Å². The molecule has 3 N–H and O–H groups in total. The number of hydrogen-bond acceptors (Lipinski definition) is 4. The van der Waals surface area contributed by atoms with Crippen LogP contribution in [-0.4, -0.2) is 22.4 Å². The number of nitrogens with two attached hydrogens (primary N) is 1. The van der Waals surface area contributed by atoms with Gasteiger partial charge < -0.3 is 15.6 Å². The molecule has 0 saturated heterocycles. The van der Waals surface area contributed by atoms with E-state index >= 15 is 0 Å². The lowest BCUT2D eigenvalue weighted by atomic mass is 10.2. The summed E-state index contributed by atoms with van der Waals surface area (Å²) in [7, 11) is 0. The van der Waals surface area contributed by atoms with Gasteiger partial charge in [-0.1, -0.05) is 0 Å². The maximum Gasteiger partial charge on any atom is 0.573 e. The molecule has 0 unspecified atom stereocenters. The van der Waals surface area contributed by atoms with Gasteiger partial charge in [0.15, 0.2) is 11.4 Å². The first-order valence-electron chi connectivity index (χ1n) is 4.12. The Morgan fingerprint density at radius 2 is 2.18 bits per heavy atom. The highest BCUT2D eigenvalue weighted by Gasteiger charge is 2.33. The van der Waals surface area contributed by atoms with Crippen molar-refractivity contribution in [2.24, 2.45) is 5.73 Å². The second-order valence-electron chi connectivity index (χ2n) is 2.82. The van der Waals surface area contributed by atoms with E-state index in [1.807, 2.05) is 0 Å². The van der Waals surface area contributed by atoms with E-state index < -0.39 is 18.1 Å². The van der Waals surface area contributed by atoms with Crippen molar-refractivity contribution >= 4 is 28.6 Å². The van der Waals surface area contributed by atoms with Gasteiger partial charge in [-0.15, -0.1) is 13.2 Å². The molecule has 1 rings (SSSR count). The number of aromatic nitrogens is 1. The second-order valence-corrected chi connectivity index (χ2v) is 3.90. The largest absolute Gasteiger partial charge is 0.573 e. The third-order valence-electron chi connectivity index (χ3n) is 1.71. The van der Waals surface area contributed by atoms with Gasteiger partial charge in [-0.3, -0.25) is 0 Å². The quantitative estimate of drug-likeness (QED) is 0.801. The number of aromatic carboxylic acids is 1. The van der Waals surface area contributed by atoms with Crippen LogP contribution in [0.25, 0.3) is 0 Å². The van der Waals surface area contributed by atoms with Crippen molar-refractivity contribution in [2.45, 2.75) is 12.9 Å². The summed E-state index contributed by atoms with van der Waals surface area (Å²) in [6.07, 6.45) is -4.18. The second kappa shape index (κ2) is 5.04. The average molecular weight is 362 g/mol. The lowest BCUT2D eigenvalue weighted by Crippen LogP contribution is -2.20. The Balaban J connectivity index is 3.26. The molecule has 0 bridgehead atoms. The Labute approximate surface area is 107 Å². The summed E-state index contributed by atoms with van der Waals surface area (Å²) in [6.45, 7) is -0.285. The summed E-state index contributed by atoms with van der Waals surface area (Å²) in [6, 6.07) is 0. The number of halogens is 4. The first kappa shape index (κ1) is 14.0. The van der Waals surface area contributed by atoms with Crippen LogP contribution in [0.2, 0.25) is 0 Å². The van der Waals surface area contributed by atoms with Gasteiger partial charge in [0.1, 0.15) is 0 Å². The third kappa shape index (κ3) is 3.43. The zero-order chi connectivity index (χ0) is 13.2. The van der Waals surface area contributed by atoms with Crippen LogP contribution >= 0.6 is 22.6 Å². The Morgan fingerprint density at radius 1 is 1.59 bits per heavy atom. The molecular formula is C8H6F3IN2O3. The minimum atomic E-state index is -4.88. The Morgan fingerprint density at radius 3 is 2.59 bits per heavy atom. The summed E-state index contributed by atoms with van der Waals surface area (Å²) in [5.74, 6) is -1.93. The van der Waals surface area contributed by atoms with Gasteiger partial charge in [-0.05, 0) is 22.6 Å². The van der Waals surface area contributed by atoms with Crippen LogP contribution in [0.3, 0.4) is 0 Å². The number of rotatable bonds is 3. The number of carbonyl (C=O) groups is 1. The molecule has 0 atom stereocenters. The average Bonchev–Trinajstić information content (AvgIpc) is 2.15. The monoisotopic (exact) mass is 362 g/mol. The van der Waals surface area contributed by atoms with E-state index in [0.29, 0.717) is 6.20 Å². The molecule has 5 nitrogen and oxygen atoms in total. The van der Waals surface area contributed by atoms with Gasteiger partial charge in [0, 0.05) is 12.1 Å². The highest BCUT2D eigenvalue weighted by Crippen LogP contribution is 2.29. The normalized spacial score (nSPS) is 11.4. The number of alkyl halides is 3. The molecule has 0 radical (unpaired) electrons. The number of carboxylic acid groups (broad SMARTS) is 1.